The van der Waals surface area contributed by atoms with Crippen molar-refractivity contribution < 1.29 is 9.18 Å². The molecule has 0 spiro atoms. The van der Waals surface area contributed by atoms with E-state index in [-0.39, 0.29) is 39.9 Å². The number of hydrogen-bond acceptors (Lipinski definition) is 4. The van der Waals surface area contributed by atoms with Gasteiger partial charge in [-0.15, -0.1) is 11.3 Å². The van der Waals surface area contributed by atoms with Crippen LogP contribution in [0.3, 0.4) is 0 Å². The fourth-order valence-electron chi connectivity index (χ4n) is 2.95. The molecular weight excluding hydrogens is 329 g/mol. The third-order valence-electron chi connectivity index (χ3n) is 4.35. The zero-order valence-electron chi connectivity index (χ0n) is 12.8. The second-order valence-corrected chi connectivity index (χ2v) is 6.93. The second-order valence-electron chi connectivity index (χ2n) is 5.99. The lowest BCUT2D eigenvalue weighted by Gasteiger charge is -2.07. The Labute approximate surface area is 140 Å². The molecule has 24 heavy (non-hydrogen) atoms. The van der Waals surface area contributed by atoms with Crippen LogP contribution in [0.5, 0.6) is 0 Å². The van der Waals surface area contributed by atoms with Crippen LogP contribution < -0.4 is 10.9 Å². The van der Waals surface area contributed by atoms with Crippen LogP contribution in [0.4, 0.5) is 10.1 Å². The lowest BCUT2D eigenvalue weighted by Crippen LogP contribution is -2.16. The fourth-order valence-corrected chi connectivity index (χ4v) is 4.06. The van der Waals surface area contributed by atoms with Gasteiger partial charge in [-0.25, -0.2) is 9.37 Å². The molecule has 0 radical (unpaired) electrons. The number of H-pyrrole nitrogens is 1. The Hall–Kier alpha value is -2.54. The number of nitrogens with one attached hydrogen (secondary N) is 2. The zero-order valence-corrected chi connectivity index (χ0v) is 13.6. The van der Waals surface area contributed by atoms with E-state index in [0.717, 1.165) is 12.5 Å². The number of aromatic amines is 1. The molecule has 5 nitrogen and oxygen atoms in total. The van der Waals surface area contributed by atoms with Crippen LogP contribution in [-0.2, 0) is 4.79 Å². The third-order valence-corrected chi connectivity index (χ3v) is 5.50. The average Bonchev–Trinajstić information content (AvgIpc) is 3.23. The van der Waals surface area contributed by atoms with Crippen LogP contribution in [0, 0.1) is 18.7 Å². The van der Waals surface area contributed by atoms with Crippen molar-refractivity contribution in [3.8, 4) is 0 Å². The van der Waals surface area contributed by atoms with Crippen molar-refractivity contribution in [1.82, 2.24) is 9.97 Å². The molecule has 1 fully saturated rings. The maximum absolute atomic E-state index is 14.2. The monoisotopic (exact) mass is 343 g/mol. The van der Waals surface area contributed by atoms with Crippen LogP contribution in [0.2, 0.25) is 0 Å². The summed E-state index contributed by atoms with van der Waals surface area (Å²) >= 11 is 1.65. The van der Waals surface area contributed by atoms with Crippen molar-refractivity contribution in [2.24, 2.45) is 5.92 Å². The maximum Gasteiger partial charge on any atom is 0.258 e. The van der Waals surface area contributed by atoms with E-state index in [0.29, 0.717) is 0 Å². The van der Waals surface area contributed by atoms with E-state index >= 15 is 0 Å². The largest absolute Gasteiger partial charge is 0.323 e. The highest BCUT2D eigenvalue weighted by Gasteiger charge is 2.45. The standard InChI is InChI=1S/C17H14FN3O2S/c1-8-2-3-24-15(8)9-4-10(9)17(23)21-14-5-11-13(6-12(14)18)19-7-20-16(11)22/h2-3,5-7,9-10H,4H2,1H3,(H,21,23)(H,19,20,22)/t9-,10-/m1/s1. The minimum Gasteiger partial charge on any atom is -0.323 e. The Morgan fingerprint density at radius 3 is 3.04 bits per heavy atom. The normalized spacial score (nSPS) is 19.4. The Morgan fingerprint density at radius 2 is 2.29 bits per heavy atom. The van der Waals surface area contributed by atoms with Gasteiger partial charge in [-0.2, -0.15) is 0 Å². The number of carbonyl (C=O) groups excluding carboxylic acids is 1. The summed E-state index contributed by atoms with van der Waals surface area (Å²) in [5.74, 6) is -0.756. The quantitative estimate of drug-likeness (QED) is 0.767. The van der Waals surface area contributed by atoms with Gasteiger partial charge in [0.15, 0.2) is 0 Å². The van der Waals surface area contributed by atoms with Gasteiger partial charge in [0, 0.05) is 22.8 Å². The van der Waals surface area contributed by atoms with Gasteiger partial charge >= 0.3 is 0 Å². The van der Waals surface area contributed by atoms with E-state index in [2.05, 4.69) is 15.3 Å². The molecule has 2 heterocycles. The van der Waals surface area contributed by atoms with Gasteiger partial charge in [0.25, 0.3) is 5.56 Å². The molecule has 0 unspecified atom stereocenters. The highest BCUT2D eigenvalue weighted by Crippen LogP contribution is 2.50. The van der Waals surface area contributed by atoms with Gasteiger partial charge in [-0.1, -0.05) is 0 Å². The molecule has 1 aromatic carbocycles. The van der Waals surface area contributed by atoms with E-state index in [1.807, 2.05) is 18.4 Å². The number of benzene rings is 1. The number of carbonyl (C=O) groups is 1. The van der Waals surface area contributed by atoms with Crippen LogP contribution in [0.15, 0.2) is 34.7 Å². The number of rotatable bonds is 3. The molecular formula is C17H14FN3O2S. The number of fused-ring (bicyclic) bond motifs is 1. The topological polar surface area (TPSA) is 74.8 Å². The molecule has 2 aromatic heterocycles. The number of aryl methyl sites for hydroxylation is 1. The van der Waals surface area contributed by atoms with E-state index < -0.39 is 5.82 Å². The molecule has 1 aliphatic rings. The Morgan fingerprint density at radius 1 is 1.46 bits per heavy atom. The summed E-state index contributed by atoms with van der Waals surface area (Å²) in [6, 6.07) is 4.53. The van der Waals surface area contributed by atoms with E-state index in [1.165, 1.54) is 22.8 Å². The summed E-state index contributed by atoms with van der Waals surface area (Å²) in [4.78, 5) is 31.8. The number of aromatic nitrogens is 2. The van der Waals surface area contributed by atoms with E-state index in [9.17, 15) is 14.0 Å². The molecule has 4 rings (SSSR count). The van der Waals surface area contributed by atoms with Crippen molar-refractivity contribution in [3.05, 3.63) is 56.5 Å². The number of hydrogen-bond donors (Lipinski definition) is 2. The molecule has 1 aliphatic carbocycles. The SMILES string of the molecule is Cc1ccsc1[C@@H]1C[C@H]1C(=O)Nc1cc2c(=O)[nH]cnc2cc1F. The lowest BCUT2D eigenvalue weighted by atomic mass is 10.1. The van der Waals surface area contributed by atoms with Gasteiger partial charge in [0.05, 0.1) is 22.9 Å². The van der Waals surface area contributed by atoms with Gasteiger partial charge in [-0.05, 0) is 36.4 Å². The highest BCUT2D eigenvalue weighted by atomic mass is 32.1. The molecule has 7 heteroatoms. The van der Waals surface area contributed by atoms with Crippen LogP contribution in [0.1, 0.15) is 22.8 Å². The van der Waals surface area contributed by atoms with Crippen molar-refractivity contribution >= 4 is 33.8 Å². The third kappa shape index (κ3) is 2.50. The summed E-state index contributed by atoms with van der Waals surface area (Å²) < 4.78 is 14.2. The highest BCUT2D eigenvalue weighted by molar-refractivity contribution is 7.10. The first kappa shape index (κ1) is 15.0. The van der Waals surface area contributed by atoms with Gasteiger partial charge < -0.3 is 10.3 Å². The van der Waals surface area contributed by atoms with Crippen LogP contribution >= 0.6 is 11.3 Å². The zero-order chi connectivity index (χ0) is 16.8. The lowest BCUT2D eigenvalue weighted by molar-refractivity contribution is -0.117. The summed E-state index contributed by atoms with van der Waals surface area (Å²) in [6.45, 7) is 2.03. The Kier molecular flexibility index (Phi) is 3.45. The number of thiophene rings is 1. The van der Waals surface area contributed by atoms with Crippen molar-refractivity contribution in [2.45, 2.75) is 19.3 Å². The minimum absolute atomic E-state index is 0.0135. The van der Waals surface area contributed by atoms with E-state index in [1.54, 1.807) is 11.3 Å². The molecule has 0 saturated heterocycles. The van der Waals surface area contributed by atoms with Crippen molar-refractivity contribution in [1.29, 1.82) is 0 Å². The summed E-state index contributed by atoms with van der Waals surface area (Å²) in [6.07, 6.45) is 1.99. The summed E-state index contributed by atoms with van der Waals surface area (Å²) in [5, 5.41) is 4.87. The van der Waals surface area contributed by atoms with Gasteiger partial charge in [0.2, 0.25) is 5.91 Å². The van der Waals surface area contributed by atoms with Gasteiger partial charge in [0.1, 0.15) is 5.82 Å². The average molecular weight is 343 g/mol. The predicted molar refractivity (Wildman–Crippen MR) is 90.9 cm³/mol. The molecule has 0 aliphatic heterocycles. The number of nitrogens with zero attached hydrogens (tertiary/aromatic N) is 1. The number of halogens is 1. The van der Waals surface area contributed by atoms with Crippen molar-refractivity contribution in [3.63, 3.8) is 0 Å². The molecule has 2 atom stereocenters. The van der Waals surface area contributed by atoms with Crippen LogP contribution in [0.25, 0.3) is 10.9 Å². The summed E-state index contributed by atoms with van der Waals surface area (Å²) in [5.41, 5.74) is 1.09. The first-order valence-corrected chi connectivity index (χ1v) is 8.44. The maximum atomic E-state index is 14.2. The first-order chi connectivity index (χ1) is 11.5. The predicted octanol–water partition coefficient (Wildman–Crippen LogP) is 3.17. The Balaban J connectivity index is 1.58. The fraction of sp³-hybridized carbons (Fsp3) is 0.235. The van der Waals surface area contributed by atoms with E-state index in [4.69, 9.17) is 0 Å². The molecule has 1 amide bonds. The number of amides is 1. The smallest absolute Gasteiger partial charge is 0.258 e. The first-order valence-electron chi connectivity index (χ1n) is 7.56. The molecule has 3 aromatic rings. The summed E-state index contributed by atoms with van der Waals surface area (Å²) in [7, 11) is 0. The van der Waals surface area contributed by atoms with Gasteiger partial charge in [-0.3, -0.25) is 9.59 Å². The minimum atomic E-state index is -0.599. The molecule has 122 valence electrons. The van der Waals surface area contributed by atoms with Crippen molar-refractivity contribution in [2.75, 3.05) is 5.32 Å². The second kappa shape index (κ2) is 5.52. The van der Waals surface area contributed by atoms with Crippen LogP contribution in [-0.4, -0.2) is 15.9 Å². The Bertz CT molecular complexity index is 1010. The number of anilines is 1. The molecule has 1 saturated carbocycles. The molecule has 2 N–H and O–H groups in total. The molecule has 0 bridgehead atoms.